The summed E-state index contributed by atoms with van der Waals surface area (Å²) in [4.78, 5) is 16.5. The van der Waals surface area contributed by atoms with E-state index >= 15 is 0 Å². The maximum Gasteiger partial charge on any atom is 0.278 e. The minimum absolute atomic E-state index is 0.0138. The zero-order valence-electron chi connectivity index (χ0n) is 19.2. The van der Waals surface area contributed by atoms with Crippen LogP contribution in [0.25, 0.3) is 22.4 Å². The number of thiazole rings is 1. The molecule has 0 amide bonds. The molecule has 5 rings (SSSR count). The summed E-state index contributed by atoms with van der Waals surface area (Å²) in [5.41, 5.74) is 3.89. The van der Waals surface area contributed by atoms with Gasteiger partial charge in [-0.2, -0.15) is 5.10 Å². The Morgan fingerprint density at radius 1 is 1.03 bits per heavy atom. The average molecular weight is 483 g/mol. The Morgan fingerprint density at radius 3 is 2.51 bits per heavy atom. The van der Waals surface area contributed by atoms with E-state index in [9.17, 15) is 10.1 Å². The quantitative estimate of drug-likeness (QED) is 0.147. The molecule has 7 nitrogen and oxygen atoms in total. The van der Waals surface area contributed by atoms with E-state index in [-0.39, 0.29) is 5.69 Å². The van der Waals surface area contributed by atoms with Crippen molar-refractivity contribution in [1.29, 1.82) is 0 Å². The van der Waals surface area contributed by atoms with Crippen molar-refractivity contribution in [2.45, 2.75) is 19.8 Å². The van der Waals surface area contributed by atoms with Gasteiger partial charge in [0.2, 0.25) is 4.80 Å². The highest BCUT2D eigenvalue weighted by atomic mass is 32.1. The smallest absolute Gasteiger partial charge is 0.278 e. The largest absolute Gasteiger partial charge is 0.454 e. The molecule has 0 saturated carbocycles. The van der Waals surface area contributed by atoms with E-state index < -0.39 is 4.92 Å². The third-order valence-electron chi connectivity index (χ3n) is 5.59. The summed E-state index contributed by atoms with van der Waals surface area (Å²) in [5.74, 6) is 1.07. The number of aromatic nitrogens is 1. The van der Waals surface area contributed by atoms with E-state index in [0.29, 0.717) is 27.7 Å². The molecule has 0 bridgehead atoms. The van der Waals surface area contributed by atoms with Crippen LogP contribution in [0.15, 0.2) is 98.8 Å². The Kier molecular flexibility index (Phi) is 6.12. The van der Waals surface area contributed by atoms with E-state index in [0.717, 1.165) is 16.7 Å². The molecule has 2 heterocycles. The number of fused-ring (bicyclic) bond motifs is 1. The van der Waals surface area contributed by atoms with Crippen molar-refractivity contribution >= 4 is 39.9 Å². The molecule has 5 aromatic rings. The van der Waals surface area contributed by atoms with Crippen molar-refractivity contribution in [2.75, 3.05) is 0 Å². The monoisotopic (exact) mass is 482 g/mol. The van der Waals surface area contributed by atoms with Gasteiger partial charge < -0.3 is 4.42 Å². The number of rotatable bonds is 6. The second-order valence-electron chi connectivity index (χ2n) is 8.28. The van der Waals surface area contributed by atoms with Crippen molar-refractivity contribution in [1.82, 2.24) is 4.68 Å². The van der Waals surface area contributed by atoms with Crippen LogP contribution in [-0.2, 0) is 0 Å². The first kappa shape index (κ1) is 22.5. The molecular formula is C27H22N4O3S. The first-order valence-corrected chi connectivity index (χ1v) is 12.0. The molecule has 0 spiro atoms. The molecule has 0 radical (unpaired) electrons. The third-order valence-corrected chi connectivity index (χ3v) is 6.41. The van der Waals surface area contributed by atoms with Crippen LogP contribution >= 0.6 is 11.3 Å². The lowest BCUT2D eigenvalue weighted by Crippen LogP contribution is -2.11. The average Bonchev–Trinajstić information content (AvgIpc) is 3.47. The fourth-order valence-corrected chi connectivity index (χ4v) is 4.53. The standard InChI is InChI=1S/C27H22N4O3S/c1-18(2)19-11-13-22(14-12-19)29-27-30(28-16-21-8-3-5-9-23(21)31(32)33)24(17-35-27)26-15-20-7-4-6-10-25(20)34-26/h3-18H,1-2H3. The van der Waals surface area contributed by atoms with E-state index in [2.05, 4.69) is 31.1 Å². The number of benzene rings is 3. The zero-order valence-corrected chi connectivity index (χ0v) is 20.0. The van der Waals surface area contributed by atoms with Crippen LogP contribution in [0.5, 0.6) is 0 Å². The number of hydrogen-bond acceptors (Lipinski definition) is 6. The van der Waals surface area contributed by atoms with Crippen LogP contribution in [0.3, 0.4) is 0 Å². The Balaban J connectivity index is 1.64. The zero-order chi connectivity index (χ0) is 24.4. The molecule has 8 heteroatoms. The fourth-order valence-electron chi connectivity index (χ4n) is 3.69. The van der Waals surface area contributed by atoms with Gasteiger partial charge in [0.05, 0.1) is 22.4 Å². The summed E-state index contributed by atoms with van der Waals surface area (Å²) in [6.45, 7) is 4.30. The van der Waals surface area contributed by atoms with Crippen LogP contribution in [0, 0.1) is 10.1 Å². The minimum Gasteiger partial charge on any atom is -0.454 e. The lowest BCUT2D eigenvalue weighted by Gasteiger charge is -2.04. The Hall–Kier alpha value is -4.30. The molecule has 0 unspecified atom stereocenters. The van der Waals surface area contributed by atoms with E-state index in [1.54, 1.807) is 22.9 Å². The van der Waals surface area contributed by atoms with Crippen molar-refractivity contribution in [3.63, 3.8) is 0 Å². The van der Waals surface area contributed by atoms with E-state index in [1.165, 1.54) is 29.2 Å². The molecule has 0 fully saturated rings. The van der Waals surface area contributed by atoms with Gasteiger partial charge in [0, 0.05) is 16.8 Å². The maximum atomic E-state index is 11.5. The molecule has 0 saturated heterocycles. The van der Waals surface area contributed by atoms with E-state index in [1.807, 2.05) is 47.8 Å². The maximum absolute atomic E-state index is 11.5. The minimum atomic E-state index is -0.415. The van der Waals surface area contributed by atoms with Crippen LogP contribution in [0.4, 0.5) is 11.4 Å². The number of nitro benzene ring substituents is 1. The lowest BCUT2D eigenvalue weighted by molar-refractivity contribution is -0.385. The SMILES string of the molecule is CC(C)c1ccc(N=c2scc(-c3cc4ccccc4o3)n2N=Cc2ccccc2[N+](=O)[O-])cc1. The lowest BCUT2D eigenvalue weighted by atomic mass is 10.0. The van der Waals surface area contributed by atoms with Crippen LogP contribution in [0.1, 0.15) is 30.9 Å². The fraction of sp³-hybridized carbons (Fsp3) is 0.111. The second-order valence-corrected chi connectivity index (χ2v) is 9.12. The summed E-state index contributed by atoms with van der Waals surface area (Å²) in [6.07, 6.45) is 1.48. The van der Waals surface area contributed by atoms with Gasteiger partial charge in [-0.3, -0.25) is 10.1 Å². The molecule has 35 heavy (non-hydrogen) atoms. The van der Waals surface area contributed by atoms with Gasteiger partial charge in [-0.25, -0.2) is 9.67 Å². The number of nitro groups is 1. The first-order chi connectivity index (χ1) is 17.0. The number of hydrogen-bond donors (Lipinski definition) is 0. The molecule has 0 aliphatic carbocycles. The Bertz CT molecular complexity index is 1570. The summed E-state index contributed by atoms with van der Waals surface area (Å²) in [6, 6.07) is 24.3. The molecule has 2 aromatic heterocycles. The van der Waals surface area contributed by atoms with Gasteiger partial charge in [0.15, 0.2) is 5.76 Å². The Morgan fingerprint density at radius 2 is 1.77 bits per heavy atom. The molecule has 0 aliphatic rings. The van der Waals surface area contributed by atoms with Gasteiger partial charge in [0.25, 0.3) is 5.69 Å². The summed E-state index contributed by atoms with van der Waals surface area (Å²) < 4.78 is 7.74. The summed E-state index contributed by atoms with van der Waals surface area (Å²) >= 11 is 1.42. The van der Waals surface area contributed by atoms with Crippen molar-refractivity contribution in [2.24, 2.45) is 10.1 Å². The third kappa shape index (κ3) is 4.69. The van der Waals surface area contributed by atoms with Crippen molar-refractivity contribution in [3.8, 4) is 11.5 Å². The van der Waals surface area contributed by atoms with Gasteiger partial charge in [0.1, 0.15) is 11.3 Å². The molecular weight excluding hydrogens is 460 g/mol. The topological polar surface area (TPSA) is 85.9 Å². The normalized spacial score (nSPS) is 12.3. The second kappa shape index (κ2) is 9.52. The van der Waals surface area contributed by atoms with Gasteiger partial charge in [-0.1, -0.05) is 56.3 Å². The summed E-state index contributed by atoms with van der Waals surface area (Å²) in [5, 5.41) is 19.0. The number of para-hydroxylation sites is 2. The highest BCUT2D eigenvalue weighted by Gasteiger charge is 2.14. The van der Waals surface area contributed by atoms with Crippen LogP contribution in [-0.4, -0.2) is 15.8 Å². The van der Waals surface area contributed by atoms with Crippen LogP contribution < -0.4 is 4.80 Å². The number of nitrogens with zero attached hydrogens (tertiary/aromatic N) is 4. The van der Waals surface area contributed by atoms with Crippen LogP contribution in [0.2, 0.25) is 0 Å². The van der Waals surface area contributed by atoms with Crippen molar-refractivity contribution in [3.05, 3.63) is 110 Å². The highest BCUT2D eigenvalue weighted by molar-refractivity contribution is 7.07. The molecule has 0 atom stereocenters. The van der Waals surface area contributed by atoms with Gasteiger partial charge in [-0.15, -0.1) is 11.3 Å². The number of furan rings is 1. The predicted molar refractivity (Wildman–Crippen MR) is 139 cm³/mol. The predicted octanol–water partition coefficient (Wildman–Crippen LogP) is 7.11. The van der Waals surface area contributed by atoms with Crippen molar-refractivity contribution < 1.29 is 9.34 Å². The molecule has 174 valence electrons. The highest BCUT2D eigenvalue weighted by Crippen LogP contribution is 2.28. The summed E-state index contributed by atoms with van der Waals surface area (Å²) in [7, 11) is 0. The molecule has 0 N–H and O–H groups in total. The first-order valence-electron chi connectivity index (χ1n) is 11.1. The van der Waals surface area contributed by atoms with Gasteiger partial charge in [-0.05, 0) is 41.8 Å². The van der Waals surface area contributed by atoms with E-state index in [4.69, 9.17) is 9.41 Å². The van der Waals surface area contributed by atoms with Gasteiger partial charge >= 0.3 is 0 Å². The molecule has 3 aromatic carbocycles. The molecule has 0 aliphatic heterocycles. The Labute approximate surface area is 205 Å².